The van der Waals surface area contributed by atoms with Gasteiger partial charge >= 0.3 is 0 Å². The van der Waals surface area contributed by atoms with Crippen LogP contribution in [-0.4, -0.2) is 25.1 Å². The summed E-state index contributed by atoms with van der Waals surface area (Å²) in [5.41, 5.74) is 0.977. The number of halogens is 6. The van der Waals surface area contributed by atoms with Crippen LogP contribution in [0.1, 0.15) is 76.7 Å². The van der Waals surface area contributed by atoms with Crippen molar-refractivity contribution in [1.29, 1.82) is 0 Å². The minimum absolute atomic E-state index is 0.0962. The standard InChI is InChI=1S/C21H36Cl2N.C6H2Cl4O/c1-4-5-6-7-8-9-10-11-12-16-19-24(2,3)21(22,23)20-17-14-13-15-18-20;7-2-1-3(8)5(10)6(11)4(2)9/h13-15,17-18H,4-12,16,19H2,1-3H3;1,11H/q+1;/p-1. The topological polar surface area (TPSA) is 23.1 Å². The molecule has 0 heterocycles. The number of unbranched alkanes of at least 4 members (excludes halogenated alkanes) is 9. The Morgan fingerprint density at radius 2 is 1.14 bits per heavy atom. The first kappa shape index (κ1) is 33.0. The largest absolute Gasteiger partial charge is 0.870 e. The number of quaternary nitrogens is 1. The third-order valence-corrected chi connectivity index (χ3v) is 8.92. The van der Waals surface area contributed by atoms with Gasteiger partial charge in [-0.25, -0.2) is 0 Å². The van der Waals surface area contributed by atoms with E-state index in [4.69, 9.17) is 69.6 Å². The van der Waals surface area contributed by atoms with Gasteiger partial charge in [-0.15, -0.1) is 0 Å². The zero-order valence-corrected chi connectivity index (χ0v) is 25.4. The van der Waals surface area contributed by atoms with Gasteiger partial charge < -0.3 is 5.11 Å². The van der Waals surface area contributed by atoms with Crippen LogP contribution in [0, 0.1) is 0 Å². The van der Waals surface area contributed by atoms with E-state index < -0.39 is 10.2 Å². The second-order valence-corrected chi connectivity index (χ2v) is 12.2. The average Bonchev–Trinajstić information content (AvgIpc) is 2.83. The second-order valence-electron chi connectivity index (χ2n) is 9.30. The quantitative estimate of drug-likeness (QED) is 0.0734. The van der Waals surface area contributed by atoms with Crippen LogP contribution in [0.15, 0.2) is 36.4 Å². The van der Waals surface area contributed by atoms with Crippen molar-refractivity contribution < 1.29 is 9.59 Å². The second kappa shape index (κ2) is 16.7. The molecule has 2 aromatic rings. The molecule has 35 heavy (non-hydrogen) atoms. The molecule has 2 rings (SSSR count). The van der Waals surface area contributed by atoms with Crippen LogP contribution in [0.2, 0.25) is 20.1 Å². The lowest BCUT2D eigenvalue weighted by Gasteiger charge is -2.40. The molecular formula is C27H37Cl6NO. The fourth-order valence-electron chi connectivity index (χ4n) is 3.67. The van der Waals surface area contributed by atoms with Crippen molar-refractivity contribution in [1.82, 2.24) is 0 Å². The zero-order valence-electron chi connectivity index (χ0n) is 20.9. The van der Waals surface area contributed by atoms with Gasteiger partial charge in [0.1, 0.15) is 0 Å². The van der Waals surface area contributed by atoms with Gasteiger partial charge in [0.2, 0.25) is 0 Å². The molecule has 0 saturated heterocycles. The molecule has 0 bridgehead atoms. The van der Waals surface area contributed by atoms with Crippen LogP contribution in [0.5, 0.6) is 5.75 Å². The highest BCUT2D eigenvalue weighted by Gasteiger charge is 2.43. The maximum Gasteiger partial charge on any atom is 0.277 e. The Bertz CT molecular complexity index is 847. The lowest BCUT2D eigenvalue weighted by Crippen LogP contribution is -2.51. The van der Waals surface area contributed by atoms with Gasteiger partial charge in [-0.05, 0) is 54.2 Å². The smallest absolute Gasteiger partial charge is 0.277 e. The van der Waals surface area contributed by atoms with E-state index in [-0.39, 0.29) is 20.1 Å². The molecule has 0 saturated carbocycles. The van der Waals surface area contributed by atoms with E-state index in [1.165, 1.54) is 70.3 Å². The summed E-state index contributed by atoms with van der Waals surface area (Å²) in [5.74, 6) is -0.536. The Kier molecular flexibility index (Phi) is 15.7. The molecule has 0 fully saturated rings. The highest BCUT2D eigenvalue weighted by molar-refractivity contribution is 6.48. The van der Waals surface area contributed by atoms with Crippen LogP contribution in [0.4, 0.5) is 0 Å². The lowest BCUT2D eigenvalue weighted by molar-refractivity contribution is -0.920. The molecule has 2 aromatic carbocycles. The summed E-state index contributed by atoms with van der Waals surface area (Å²) in [6.07, 6.45) is 13.5. The molecule has 2 nitrogen and oxygen atoms in total. The molecule has 0 aliphatic rings. The summed E-state index contributed by atoms with van der Waals surface area (Å²) >= 11 is 35.4. The predicted octanol–water partition coefficient (Wildman–Crippen LogP) is 10.6. The van der Waals surface area contributed by atoms with Crippen LogP contribution in [-0.2, 0) is 4.46 Å². The first-order valence-corrected chi connectivity index (χ1v) is 14.5. The number of alkyl halides is 2. The molecule has 0 amide bonds. The molecule has 0 aromatic heterocycles. The Balaban J connectivity index is 0.000000462. The van der Waals surface area contributed by atoms with Crippen LogP contribution < -0.4 is 5.11 Å². The number of nitrogens with zero attached hydrogens (tertiary/aromatic N) is 1. The van der Waals surface area contributed by atoms with Crippen molar-refractivity contribution in [2.24, 2.45) is 0 Å². The minimum atomic E-state index is -0.888. The van der Waals surface area contributed by atoms with Crippen LogP contribution >= 0.6 is 69.6 Å². The Morgan fingerprint density at radius 3 is 1.60 bits per heavy atom. The first-order valence-electron chi connectivity index (χ1n) is 12.2. The number of rotatable bonds is 13. The summed E-state index contributed by atoms with van der Waals surface area (Å²) < 4.78 is -0.294. The van der Waals surface area contributed by atoms with Gasteiger partial charge in [-0.1, -0.05) is 129 Å². The van der Waals surface area contributed by atoms with E-state index in [9.17, 15) is 5.11 Å². The van der Waals surface area contributed by atoms with Crippen molar-refractivity contribution in [3.8, 4) is 5.75 Å². The zero-order chi connectivity index (χ0) is 26.5. The van der Waals surface area contributed by atoms with Gasteiger partial charge in [-0.2, -0.15) is 0 Å². The fourth-order valence-corrected chi connectivity index (χ4v) is 4.89. The van der Waals surface area contributed by atoms with Crippen molar-refractivity contribution in [3.05, 3.63) is 62.1 Å². The highest BCUT2D eigenvalue weighted by atomic mass is 35.5. The number of benzene rings is 2. The van der Waals surface area contributed by atoms with E-state index in [1.807, 2.05) is 30.3 Å². The van der Waals surface area contributed by atoms with Crippen molar-refractivity contribution in [2.45, 2.75) is 75.6 Å². The molecule has 0 N–H and O–H groups in total. The molecule has 0 aliphatic carbocycles. The summed E-state index contributed by atoms with van der Waals surface area (Å²) in [6, 6.07) is 11.3. The fraction of sp³-hybridized carbons (Fsp3) is 0.556. The van der Waals surface area contributed by atoms with E-state index in [0.717, 1.165) is 12.1 Å². The van der Waals surface area contributed by atoms with Gasteiger partial charge in [0, 0.05) is 5.56 Å². The van der Waals surface area contributed by atoms with Crippen LogP contribution in [0.3, 0.4) is 0 Å². The Morgan fingerprint density at radius 1 is 0.714 bits per heavy atom. The van der Waals surface area contributed by atoms with E-state index in [1.54, 1.807) is 0 Å². The average molecular weight is 604 g/mol. The van der Waals surface area contributed by atoms with E-state index >= 15 is 0 Å². The molecule has 0 aliphatic heterocycles. The minimum Gasteiger partial charge on any atom is -0.870 e. The third kappa shape index (κ3) is 11.1. The molecule has 0 radical (unpaired) electrons. The highest BCUT2D eigenvalue weighted by Crippen LogP contribution is 2.41. The van der Waals surface area contributed by atoms with Gasteiger partial charge in [0.05, 0.1) is 40.7 Å². The molecule has 0 atom stereocenters. The van der Waals surface area contributed by atoms with Crippen LogP contribution in [0.25, 0.3) is 0 Å². The number of hydrogen-bond donors (Lipinski definition) is 0. The Labute approximate surface area is 242 Å². The maximum atomic E-state index is 11.0. The predicted molar refractivity (Wildman–Crippen MR) is 155 cm³/mol. The molecule has 0 unspecified atom stereocenters. The van der Waals surface area contributed by atoms with Gasteiger partial charge in [0.25, 0.3) is 4.46 Å². The van der Waals surface area contributed by atoms with Crippen molar-refractivity contribution >= 4 is 69.6 Å². The van der Waals surface area contributed by atoms with E-state index in [2.05, 4.69) is 21.0 Å². The van der Waals surface area contributed by atoms with Gasteiger partial charge in [0.15, 0.2) is 0 Å². The molecular weight excluding hydrogens is 567 g/mol. The van der Waals surface area contributed by atoms with Crippen molar-refractivity contribution in [2.75, 3.05) is 20.6 Å². The third-order valence-electron chi connectivity index (χ3n) is 6.02. The first-order chi connectivity index (χ1) is 16.5. The normalized spacial score (nSPS) is 11.8. The molecule has 198 valence electrons. The lowest BCUT2D eigenvalue weighted by atomic mass is 10.1. The van der Waals surface area contributed by atoms with Gasteiger partial charge in [-0.3, -0.25) is 4.48 Å². The summed E-state index contributed by atoms with van der Waals surface area (Å²) in [4.78, 5) is 0. The van der Waals surface area contributed by atoms with Crippen molar-refractivity contribution in [3.63, 3.8) is 0 Å². The Hall–Kier alpha value is -0.0600. The summed E-state index contributed by atoms with van der Waals surface area (Å²) in [7, 11) is 4.25. The molecule has 8 heteroatoms. The summed E-state index contributed by atoms with van der Waals surface area (Å²) in [5, 5.41) is 11.0. The molecule has 0 spiro atoms. The SMILES string of the molecule is CCCCCCCCCCCC[N+](C)(C)C(Cl)(Cl)c1ccccc1.[O-]c1c(Cl)c(Cl)cc(Cl)c1Cl. The maximum absolute atomic E-state index is 11.0. The van der Waals surface area contributed by atoms with E-state index in [0.29, 0.717) is 4.48 Å². The monoisotopic (exact) mass is 601 g/mol. The summed E-state index contributed by atoms with van der Waals surface area (Å²) in [6.45, 7) is 3.27. The number of hydrogen-bond acceptors (Lipinski definition) is 1.